The molecule has 0 spiro atoms. The third kappa shape index (κ3) is 10.5. The first-order chi connectivity index (χ1) is 36.1. The Kier molecular flexibility index (Phi) is 18.4. The van der Waals surface area contributed by atoms with Crippen LogP contribution in [-0.2, 0) is 47.4 Å². The molecule has 76 heavy (non-hydrogen) atoms. The van der Waals surface area contributed by atoms with E-state index in [1.807, 2.05) is 6.92 Å². The Morgan fingerprint density at radius 2 is 1.16 bits per heavy atom. The van der Waals surface area contributed by atoms with Gasteiger partial charge in [-0.15, -0.1) is 0 Å². The number of fused-ring (bicyclic) bond motifs is 7. The van der Waals surface area contributed by atoms with E-state index in [9.17, 15) is 71.5 Å². The van der Waals surface area contributed by atoms with E-state index in [1.54, 1.807) is 7.11 Å². The third-order valence-corrected chi connectivity index (χ3v) is 19.9. The summed E-state index contributed by atoms with van der Waals surface area (Å²) in [5, 5.41) is 147. The molecule has 0 aromatic heterocycles. The molecular weight excluding hydrogens is 1010 g/mol. The van der Waals surface area contributed by atoms with Gasteiger partial charge in [0.1, 0.15) is 97.7 Å². The lowest BCUT2D eigenvalue weighted by Crippen LogP contribution is -2.67. The molecule has 5 aliphatic heterocycles. The van der Waals surface area contributed by atoms with Crippen molar-refractivity contribution in [2.24, 2.45) is 46.3 Å². The van der Waals surface area contributed by atoms with Gasteiger partial charge in [0.15, 0.2) is 30.9 Å². The van der Waals surface area contributed by atoms with Gasteiger partial charge in [-0.05, 0) is 91.8 Å². The Balaban J connectivity index is 0.805. The number of hydrogen-bond acceptors (Lipinski definition) is 24. The van der Waals surface area contributed by atoms with Gasteiger partial charge in [-0.2, -0.15) is 0 Å². The molecule has 5 saturated heterocycles. The molecule has 0 radical (unpaired) electrons. The maximum Gasteiger partial charge on any atom is 0.187 e. The third-order valence-electron chi connectivity index (χ3n) is 19.9. The van der Waals surface area contributed by atoms with Gasteiger partial charge in [0.05, 0.1) is 45.2 Å². The van der Waals surface area contributed by atoms with Crippen LogP contribution in [0, 0.1) is 46.3 Å². The predicted molar refractivity (Wildman–Crippen MR) is 256 cm³/mol. The summed E-state index contributed by atoms with van der Waals surface area (Å²) < 4.78 is 60.3. The average Bonchev–Trinajstić information content (AvgIpc) is 3.93. The van der Waals surface area contributed by atoms with Crippen LogP contribution in [0.4, 0.5) is 0 Å². The van der Waals surface area contributed by atoms with Gasteiger partial charge in [0, 0.05) is 19.4 Å². The molecule has 3 saturated carbocycles. The molecule has 5 heterocycles. The number of allylic oxidation sites excluding steroid dienone is 1. The van der Waals surface area contributed by atoms with Crippen molar-refractivity contribution >= 4 is 0 Å². The normalized spacial score (nSPS) is 53.8. The molecule has 14 N–H and O–H groups in total. The van der Waals surface area contributed by atoms with E-state index < -0.39 is 161 Å². The molecule has 9 rings (SSSR count). The van der Waals surface area contributed by atoms with Gasteiger partial charge in [0.25, 0.3) is 0 Å². The van der Waals surface area contributed by atoms with E-state index in [0.29, 0.717) is 43.4 Å². The van der Waals surface area contributed by atoms with Crippen molar-refractivity contribution in [2.45, 2.75) is 226 Å². The number of aliphatic hydroxyl groups excluding tert-OH is 14. The summed E-state index contributed by atoms with van der Waals surface area (Å²) >= 11 is 0. The quantitative estimate of drug-likeness (QED) is 0.0632. The summed E-state index contributed by atoms with van der Waals surface area (Å²) in [7, 11) is 1.71. The first kappa shape index (κ1) is 59.4. The molecule has 438 valence electrons. The van der Waals surface area contributed by atoms with Crippen LogP contribution in [0.5, 0.6) is 0 Å². The average molecular weight is 1100 g/mol. The number of hydrogen-bond donors (Lipinski definition) is 14. The number of methoxy groups -OCH3 is 1. The van der Waals surface area contributed by atoms with Crippen LogP contribution in [0.25, 0.3) is 0 Å². The van der Waals surface area contributed by atoms with Gasteiger partial charge in [0.2, 0.25) is 0 Å². The first-order valence-corrected chi connectivity index (χ1v) is 27.5. The molecule has 0 bridgehead atoms. The highest BCUT2D eigenvalue weighted by molar-refractivity contribution is 5.26. The molecule has 8 fully saturated rings. The van der Waals surface area contributed by atoms with E-state index in [2.05, 4.69) is 26.8 Å². The Morgan fingerprint density at radius 3 is 1.79 bits per heavy atom. The standard InChI is InChI=1S/C52H86O24/c1-21(20-68-46-41(64)37(60)34(57)29(16-53)70-46)8-13-52(67-5)22(2)33-28(76-52)15-27-25-7-6-23-14-24(9-11-50(23,3)26(25)10-12-51(27,33)4)69-47-43(66)40(63)44(32(19-56)73-47)74-49-45(39(62)36(59)31(18-55)72-49)75-48-42(65)38(61)35(58)30(17-54)71-48/h6,21-22,24-49,53-66H,7-20H2,1-5H3. The molecular formula is C52H86O24. The summed E-state index contributed by atoms with van der Waals surface area (Å²) in [5.41, 5.74) is 1.20. The van der Waals surface area contributed by atoms with Crippen LogP contribution in [0.15, 0.2) is 11.6 Å². The summed E-state index contributed by atoms with van der Waals surface area (Å²) in [4.78, 5) is 0. The molecule has 24 heteroatoms. The van der Waals surface area contributed by atoms with Crippen molar-refractivity contribution in [3.63, 3.8) is 0 Å². The Hall–Kier alpha value is -1.22. The van der Waals surface area contributed by atoms with E-state index in [4.69, 9.17) is 47.4 Å². The number of rotatable bonds is 17. The van der Waals surface area contributed by atoms with Crippen molar-refractivity contribution in [2.75, 3.05) is 40.1 Å². The van der Waals surface area contributed by atoms with Crippen LogP contribution in [0.3, 0.4) is 0 Å². The Morgan fingerprint density at radius 1 is 0.618 bits per heavy atom. The second-order valence-corrected chi connectivity index (χ2v) is 24.0. The molecule has 0 aromatic carbocycles. The Bertz CT molecular complexity index is 1950. The molecule has 24 nitrogen and oxygen atoms in total. The highest BCUT2D eigenvalue weighted by Gasteiger charge is 2.68. The molecule has 0 amide bonds. The monoisotopic (exact) mass is 1090 g/mol. The SMILES string of the molecule is COC1(CCC(C)COC2OC(CO)C(O)C(O)C2O)OC2CC3C4CC=C5CC(OC6OC(CO)C(OC7OC(CO)C(O)C(O)C7OC7OC(CO)C(O)C(O)C7O)C(O)C6O)CCC5(C)C4CCC3(C)C2C1C. The van der Waals surface area contributed by atoms with Gasteiger partial charge < -0.3 is 119 Å². The summed E-state index contributed by atoms with van der Waals surface area (Å²) in [5.74, 6) is 0.891. The minimum Gasteiger partial charge on any atom is -0.394 e. The predicted octanol–water partition coefficient (Wildman–Crippen LogP) is -3.38. The minimum absolute atomic E-state index is 0.00200. The first-order valence-electron chi connectivity index (χ1n) is 27.5. The largest absolute Gasteiger partial charge is 0.394 e. The topological polar surface area (TPSA) is 376 Å². The maximum atomic E-state index is 11.6. The van der Waals surface area contributed by atoms with Crippen LogP contribution >= 0.6 is 0 Å². The minimum atomic E-state index is -1.92. The summed E-state index contributed by atoms with van der Waals surface area (Å²) in [6.45, 7) is 6.43. The zero-order valence-corrected chi connectivity index (χ0v) is 44.0. The van der Waals surface area contributed by atoms with Crippen molar-refractivity contribution in [1.82, 2.24) is 0 Å². The summed E-state index contributed by atoms with van der Waals surface area (Å²) in [6, 6.07) is 0. The molecule has 9 aliphatic rings. The highest BCUT2D eigenvalue weighted by Crippen LogP contribution is 2.70. The maximum absolute atomic E-state index is 11.6. The fraction of sp³-hybridized carbons (Fsp3) is 0.962. The Labute approximate surface area is 442 Å². The van der Waals surface area contributed by atoms with Crippen LogP contribution in [0.2, 0.25) is 0 Å². The van der Waals surface area contributed by atoms with Gasteiger partial charge in [-0.1, -0.05) is 39.3 Å². The van der Waals surface area contributed by atoms with Gasteiger partial charge in [-0.3, -0.25) is 0 Å². The van der Waals surface area contributed by atoms with Crippen molar-refractivity contribution < 1.29 is 119 Å². The summed E-state index contributed by atoms with van der Waals surface area (Å²) in [6.07, 6.45) is -22.6. The smallest absolute Gasteiger partial charge is 0.187 e. The van der Waals surface area contributed by atoms with Crippen LogP contribution in [0.1, 0.15) is 85.5 Å². The number of aliphatic hydroxyl groups is 14. The van der Waals surface area contributed by atoms with Crippen LogP contribution in [-0.4, -0.2) is 252 Å². The van der Waals surface area contributed by atoms with E-state index in [0.717, 1.165) is 32.1 Å². The second-order valence-electron chi connectivity index (χ2n) is 24.0. The van der Waals surface area contributed by atoms with Crippen LogP contribution < -0.4 is 0 Å². The zero-order valence-electron chi connectivity index (χ0n) is 44.0. The lowest BCUT2D eigenvalue weighted by atomic mass is 9.47. The van der Waals surface area contributed by atoms with E-state index >= 15 is 0 Å². The fourth-order valence-electron chi connectivity index (χ4n) is 15.4. The van der Waals surface area contributed by atoms with Crippen molar-refractivity contribution in [3.8, 4) is 0 Å². The van der Waals surface area contributed by atoms with Gasteiger partial charge in [-0.25, -0.2) is 0 Å². The van der Waals surface area contributed by atoms with E-state index in [1.165, 1.54) is 5.57 Å². The molecule has 0 aromatic rings. The molecule has 31 unspecified atom stereocenters. The zero-order chi connectivity index (χ0) is 54.9. The highest BCUT2D eigenvalue weighted by atomic mass is 16.8. The van der Waals surface area contributed by atoms with Crippen molar-refractivity contribution in [1.29, 1.82) is 0 Å². The fourth-order valence-corrected chi connectivity index (χ4v) is 15.4. The lowest BCUT2D eigenvalue weighted by molar-refractivity contribution is -0.390. The lowest BCUT2D eigenvalue weighted by Gasteiger charge is -2.58. The van der Waals surface area contributed by atoms with Gasteiger partial charge >= 0.3 is 0 Å². The molecule has 4 aliphatic carbocycles. The molecule has 31 atom stereocenters. The van der Waals surface area contributed by atoms with Crippen molar-refractivity contribution in [3.05, 3.63) is 11.6 Å². The van der Waals surface area contributed by atoms with E-state index in [-0.39, 0.29) is 41.3 Å². The number of ether oxygens (including phenoxy) is 10. The second kappa shape index (κ2) is 23.6.